The van der Waals surface area contributed by atoms with Crippen LogP contribution in [0.5, 0.6) is 0 Å². The van der Waals surface area contributed by atoms with E-state index >= 15 is 0 Å². The average Bonchev–Trinajstić information content (AvgIpc) is 2.47. The van der Waals surface area contributed by atoms with Crippen LogP contribution in [0.4, 0.5) is 0 Å². The number of hydrogen-bond donors (Lipinski definition) is 1. The standard InChI is InChI=1S/C7H8N4.2ClH/c8-4-6-5-10-11-3-1-2-9-7(6)11;;/h1-3,5H,4,8H2;2*1H. The normalized spacial score (nSPS) is 9.00. The van der Waals surface area contributed by atoms with E-state index in [1.165, 1.54) is 0 Å². The molecule has 0 bridgehead atoms. The molecule has 0 aliphatic rings. The second-order valence-electron chi connectivity index (χ2n) is 2.26. The zero-order valence-corrected chi connectivity index (χ0v) is 8.38. The minimum absolute atomic E-state index is 0. The van der Waals surface area contributed by atoms with Gasteiger partial charge in [-0.05, 0) is 6.07 Å². The summed E-state index contributed by atoms with van der Waals surface area (Å²) in [7, 11) is 0. The van der Waals surface area contributed by atoms with Gasteiger partial charge in [-0.15, -0.1) is 24.8 Å². The molecule has 0 spiro atoms. The zero-order chi connectivity index (χ0) is 7.68. The first kappa shape index (κ1) is 12.2. The molecule has 0 saturated carbocycles. The summed E-state index contributed by atoms with van der Waals surface area (Å²) in [5.74, 6) is 0. The van der Waals surface area contributed by atoms with Gasteiger partial charge in [-0.25, -0.2) is 9.50 Å². The number of nitrogens with two attached hydrogens (primary N) is 1. The number of aromatic nitrogens is 3. The van der Waals surface area contributed by atoms with Crippen LogP contribution in [0.2, 0.25) is 0 Å². The lowest BCUT2D eigenvalue weighted by Gasteiger charge is -1.91. The Balaban J connectivity index is 0.000000720. The number of halogens is 2. The first-order chi connectivity index (χ1) is 5.42. The van der Waals surface area contributed by atoms with Crippen LogP contribution < -0.4 is 5.73 Å². The molecule has 0 saturated heterocycles. The van der Waals surface area contributed by atoms with Gasteiger partial charge in [0.2, 0.25) is 0 Å². The van der Waals surface area contributed by atoms with E-state index in [4.69, 9.17) is 5.73 Å². The third-order valence-corrected chi connectivity index (χ3v) is 1.57. The van der Waals surface area contributed by atoms with Crippen molar-refractivity contribution in [3.8, 4) is 0 Å². The van der Waals surface area contributed by atoms with Gasteiger partial charge in [0.05, 0.1) is 6.20 Å². The topological polar surface area (TPSA) is 56.2 Å². The predicted octanol–water partition coefficient (Wildman–Crippen LogP) is 1.03. The average molecular weight is 221 g/mol. The summed E-state index contributed by atoms with van der Waals surface area (Å²) in [6.07, 6.45) is 5.32. The van der Waals surface area contributed by atoms with Gasteiger partial charge in [-0.3, -0.25) is 0 Å². The van der Waals surface area contributed by atoms with E-state index in [9.17, 15) is 0 Å². The lowest BCUT2D eigenvalue weighted by molar-refractivity contribution is 0.939. The maximum atomic E-state index is 5.47. The van der Waals surface area contributed by atoms with E-state index in [0.717, 1.165) is 11.2 Å². The van der Waals surface area contributed by atoms with E-state index in [1.807, 2.05) is 12.3 Å². The van der Waals surface area contributed by atoms with Crippen molar-refractivity contribution >= 4 is 30.5 Å². The highest BCUT2D eigenvalue weighted by Crippen LogP contribution is 2.04. The van der Waals surface area contributed by atoms with Crippen molar-refractivity contribution in [2.24, 2.45) is 5.73 Å². The van der Waals surface area contributed by atoms with Crippen molar-refractivity contribution in [2.45, 2.75) is 6.54 Å². The molecule has 0 aliphatic heterocycles. The van der Waals surface area contributed by atoms with Crippen molar-refractivity contribution in [3.63, 3.8) is 0 Å². The second kappa shape index (κ2) is 5.01. The van der Waals surface area contributed by atoms with E-state index in [0.29, 0.717) is 6.54 Å². The Morgan fingerprint density at radius 1 is 1.38 bits per heavy atom. The second-order valence-corrected chi connectivity index (χ2v) is 2.26. The molecule has 72 valence electrons. The van der Waals surface area contributed by atoms with E-state index in [1.54, 1.807) is 16.9 Å². The van der Waals surface area contributed by atoms with Crippen LogP contribution in [-0.2, 0) is 6.54 Å². The van der Waals surface area contributed by atoms with Crippen LogP contribution >= 0.6 is 24.8 Å². The molecule has 4 nitrogen and oxygen atoms in total. The molecular formula is C7H10Cl2N4. The number of hydrogen-bond acceptors (Lipinski definition) is 3. The van der Waals surface area contributed by atoms with Crippen LogP contribution in [0.15, 0.2) is 24.7 Å². The Morgan fingerprint density at radius 3 is 2.85 bits per heavy atom. The summed E-state index contributed by atoms with van der Waals surface area (Å²) in [4.78, 5) is 4.13. The first-order valence-corrected chi connectivity index (χ1v) is 3.39. The fraction of sp³-hybridized carbons (Fsp3) is 0.143. The predicted molar refractivity (Wildman–Crippen MR) is 55.4 cm³/mol. The van der Waals surface area contributed by atoms with Crippen molar-refractivity contribution < 1.29 is 0 Å². The molecule has 6 heteroatoms. The molecule has 2 aromatic heterocycles. The van der Waals surface area contributed by atoms with Crippen LogP contribution in [0.25, 0.3) is 5.65 Å². The lowest BCUT2D eigenvalue weighted by atomic mass is 10.3. The number of fused-ring (bicyclic) bond motifs is 1. The molecule has 2 aromatic rings. The molecule has 0 aliphatic carbocycles. The molecule has 2 N–H and O–H groups in total. The first-order valence-electron chi connectivity index (χ1n) is 3.39. The Bertz CT molecular complexity index is 373. The highest BCUT2D eigenvalue weighted by atomic mass is 35.5. The van der Waals surface area contributed by atoms with Gasteiger partial charge >= 0.3 is 0 Å². The Kier molecular flexibility index (Phi) is 4.69. The van der Waals surface area contributed by atoms with Gasteiger partial charge < -0.3 is 5.73 Å². The molecule has 0 unspecified atom stereocenters. The lowest BCUT2D eigenvalue weighted by Crippen LogP contribution is -1.96. The third-order valence-electron chi connectivity index (χ3n) is 1.57. The smallest absolute Gasteiger partial charge is 0.159 e. The van der Waals surface area contributed by atoms with Crippen molar-refractivity contribution in [1.82, 2.24) is 14.6 Å². The minimum atomic E-state index is 0. The molecule has 0 aromatic carbocycles. The number of rotatable bonds is 1. The molecule has 0 fully saturated rings. The number of nitrogens with zero attached hydrogens (tertiary/aromatic N) is 3. The summed E-state index contributed by atoms with van der Waals surface area (Å²) < 4.78 is 1.71. The molecule has 13 heavy (non-hydrogen) atoms. The van der Waals surface area contributed by atoms with Crippen molar-refractivity contribution in [1.29, 1.82) is 0 Å². The van der Waals surface area contributed by atoms with Gasteiger partial charge in [0.1, 0.15) is 0 Å². The van der Waals surface area contributed by atoms with E-state index < -0.39 is 0 Å². The quantitative estimate of drug-likeness (QED) is 0.782. The van der Waals surface area contributed by atoms with Gasteiger partial charge in [-0.1, -0.05) is 0 Å². The molecular weight excluding hydrogens is 211 g/mol. The van der Waals surface area contributed by atoms with Crippen molar-refractivity contribution in [2.75, 3.05) is 0 Å². The van der Waals surface area contributed by atoms with Crippen LogP contribution in [0.1, 0.15) is 5.56 Å². The van der Waals surface area contributed by atoms with E-state index in [-0.39, 0.29) is 24.8 Å². The van der Waals surface area contributed by atoms with Crippen LogP contribution in [0.3, 0.4) is 0 Å². The Hall–Kier alpha value is -0.840. The van der Waals surface area contributed by atoms with Gasteiger partial charge in [0.25, 0.3) is 0 Å². The fourth-order valence-electron chi connectivity index (χ4n) is 1.02. The molecule has 0 amide bonds. The van der Waals surface area contributed by atoms with E-state index in [2.05, 4.69) is 10.1 Å². The largest absolute Gasteiger partial charge is 0.326 e. The highest BCUT2D eigenvalue weighted by Gasteiger charge is 2.00. The Labute approximate surface area is 88.0 Å². The summed E-state index contributed by atoms with van der Waals surface area (Å²) >= 11 is 0. The summed E-state index contributed by atoms with van der Waals surface area (Å²) in [6, 6.07) is 1.83. The van der Waals surface area contributed by atoms with Gasteiger partial charge in [0.15, 0.2) is 5.65 Å². The Morgan fingerprint density at radius 2 is 2.15 bits per heavy atom. The SMILES string of the molecule is Cl.Cl.NCc1cnn2cccnc12. The minimum Gasteiger partial charge on any atom is -0.326 e. The summed E-state index contributed by atoms with van der Waals surface area (Å²) in [6.45, 7) is 0.487. The highest BCUT2D eigenvalue weighted by molar-refractivity contribution is 5.85. The monoisotopic (exact) mass is 220 g/mol. The molecule has 0 atom stereocenters. The van der Waals surface area contributed by atoms with Crippen LogP contribution in [0, 0.1) is 0 Å². The van der Waals surface area contributed by atoms with Gasteiger partial charge in [-0.2, -0.15) is 5.10 Å². The summed E-state index contributed by atoms with van der Waals surface area (Å²) in [5, 5.41) is 4.06. The van der Waals surface area contributed by atoms with Gasteiger partial charge in [0, 0.05) is 24.5 Å². The molecule has 2 heterocycles. The van der Waals surface area contributed by atoms with Crippen molar-refractivity contribution in [3.05, 3.63) is 30.2 Å². The zero-order valence-electron chi connectivity index (χ0n) is 6.75. The molecule has 2 rings (SSSR count). The maximum Gasteiger partial charge on any atom is 0.159 e. The maximum absolute atomic E-state index is 5.47. The third kappa shape index (κ3) is 2.09. The molecule has 0 radical (unpaired) electrons. The van der Waals surface area contributed by atoms with Crippen LogP contribution in [-0.4, -0.2) is 14.6 Å². The fourth-order valence-corrected chi connectivity index (χ4v) is 1.02. The summed E-state index contributed by atoms with van der Waals surface area (Å²) in [5.41, 5.74) is 7.29.